The normalized spacial score (nSPS) is 12.3. The zero-order valence-corrected chi connectivity index (χ0v) is 15.6. The number of benzene rings is 2. The van der Waals surface area contributed by atoms with Crippen LogP contribution in [0, 0.1) is 5.82 Å². The molecule has 2 aromatic carbocycles. The molecule has 0 saturated heterocycles. The van der Waals surface area contributed by atoms with Gasteiger partial charge in [-0.2, -0.15) is 0 Å². The van der Waals surface area contributed by atoms with Crippen LogP contribution in [-0.2, 0) is 21.4 Å². The predicted octanol–water partition coefficient (Wildman–Crippen LogP) is 2.31. The van der Waals surface area contributed by atoms with E-state index in [1.165, 1.54) is 26.2 Å². The molecule has 1 amide bonds. The Morgan fingerprint density at radius 1 is 1.15 bits per heavy atom. The highest BCUT2D eigenvalue weighted by Crippen LogP contribution is 2.23. The molecule has 0 bridgehead atoms. The standard InChI is InChI=1S/C18H21FN2O4S/c1-13(18(22)20-12-14-4-6-15(19)7-5-14)21(26(3,23)24)16-8-10-17(25-2)11-9-16/h4-11,13H,12H2,1-3H3,(H,20,22). The Balaban J connectivity index is 2.16. The molecule has 2 rings (SSSR count). The molecule has 6 nitrogen and oxygen atoms in total. The van der Waals surface area contributed by atoms with Crippen molar-refractivity contribution in [1.82, 2.24) is 5.32 Å². The van der Waals surface area contributed by atoms with Crippen LogP contribution >= 0.6 is 0 Å². The molecule has 0 aliphatic heterocycles. The first kappa shape index (κ1) is 19.7. The van der Waals surface area contributed by atoms with Gasteiger partial charge in [0.2, 0.25) is 15.9 Å². The number of sulfonamides is 1. The SMILES string of the molecule is COc1ccc(N(C(C)C(=O)NCc2ccc(F)cc2)S(C)(=O)=O)cc1. The van der Waals surface area contributed by atoms with Crippen molar-refractivity contribution in [2.75, 3.05) is 17.7 Å². The van der Waals surface area contributed by atoms with Gasteiger partial charge in [0, 0.05) is 6.54 Å². The van der Waals surface area contributed by atoms with Crippen molar-refractivity contribution in [3.63, 3.8) is 0 Å². The van der Waals surface area contributed by atoms with Crippen molar-refractivity contribution >= 4 is 21.6 Å². The number of carbonyl (C=O) groups is 1. The van der Waals surface area contributed by atoms with Crippen molar-refractivity contribution < 1.29 is 22.3 Å². The van der Waals surface area contributed by atoms with Gasteiger partial charge in [-0.3, -0.25) is 9.10 Å². The maximum atomic E-state index is 12.9. The highest BCUT2D eigenvalue weighted by atomic mass is 32.2. The van der Waals surface area contributed by atoms with Crippen LogP contribution in [0.3, 0.4) is 0 Å². The minimum absolute atomic E-state index is 0.170. The number of carbonyl (C=O) groups excluding carboxylic acids is 1. The molecular formula is C18H21FN2O4S. The van der Waals surface area contributed by atoms with Gasteiger partial charge in [0.15, 0.2) is 0 Å². The minimum atomic E-state index is -3.69. The summed E-state index contributed by atoms with van der Waals surface area (Å²) < 4.78 is 43.5. The van der Waals surface area contributed by atoms with Gasteiger partial charge in [0.25, 0.3) is 0 Å². The number of hydrogen-bond donors (Lipinski definition) is 1. The van der Waals surface area contributed by atoms with Crippen LogP contribution in [0.15, 0.2) is 48.5 Å². The van der Waals surface area contributed by atoms with E-state index in [0.29, 0.717) is 17.0 Å². The average molecular weight is 380 g/mol. The van der Waals surface area contributed by atoms with E-state index in [9.17, 15) is 17.6 Å². The van der Waals surface area contributed by atoms with Crippen LogP contribution in [0.25, 0.3) is 0 Å². The number of hydrogen-bond acceptors (Lipinski definition) is 4. The molecule has 140 valence electrons. The Bertz CT molecular complexity index is 852. The summed E-state index contributed by atoms with van der Waals surface area (Å²) in [5.41, 5.74) is 1.07. The number of anilines is 1. The first-order chi connectivity index (χ1) is 12.2. The second kappa shape index (κ2) is 8.18. The summed E-state index contributed by atoms with van der Waals surface area (Å²) >= 11 is 0. The zero-order chi connectivity index (χ0) is 19.3. The summed E-state index contributed by atoms with van der Waals surface area (Å²) in [6, 6.07) is 11.1. The largest absolute Gasteiger partial charge is 0.497 e. The Morgan fingerprint density at radius 3 is 2.23 bits per heavy atom. The van der Waals surface area contributed by atoms with Crippen molar-refractivity contribution in [2.45, 2.75) is 19.5 Å². The maximum absolute atomic E-state index is 12.9. The fourth-order valence-electron chi connectivity index (χ4n) is 2.48. The minimum Gasteiger partial charge on any atom is -0.497 e. The predicted molar refractivity (Wildman–Crippen MR) is 98.0 cm³/mol. The van der Waals surface area contributed by atoms with E-state index in [1.54, 1.807) is 36.4 Å². The number of amides is 1. The number of halogens is 1. The van der Waals surface area contributed by atoms with Crippen molar-refractivity contribution in [3.8, 4) is 5.75 Å². The third-order valence-electron chi connectivity index (χ3n) is 3.80. The third-order valence-corrected chi connectivity index (χ3v) is 5.04. The molecule has 1 unspecified atom stereocenters. The van der Waals surface area contributed by atoms with Gasteiger partial charge in [-0.05, 0) is 48.9 Å². The molecule has 8 heteroatoms. The van der Waals surface area contributed by atoms with Gasteiger partial charge in [0.05, 0.1) is 19.1 Å². The van der Waals surface area contributed by atoms with Gasteiger partial charge in [-0.15, -0.1) is 0 Å². The van der Waals surface area contributed by atoms with Gasteiger partial charge in [-0.25, -0.2) is 12.8 Å². The van der Waals surface area contributed by atoms with E-state index < -0.39 is 22.0 Å². The van der Waals surface area contributed by atoms with Gasteiger partial charge < -0.3 is 10.1 Å². The van der Waals surface area contributed by atoms with Crippen molar-refractivity contribution in [3.05, 3.63) is 59.9 Å². The van der Waals surface area contributed by atoms with E-state index in [-0.39, 0.29) is 12.4 Å². The van der Waals surface area contributed by atoms with Crippen LogP contribution in [0.1, 0.15) is 12.5 Å². The van der Waals surface area contributed by atoms with E-state index in [4.69, 9.17) is 4.74 Å². The number of nitrogens with one attached hydrogen (secondary N) is 1. The Morgan fingerprint density at radius 2 is 1.73 bits per heavy atom. The first-order valence-electron chi connectivity index (χ1n) is 7.88. The van der Waals surface area contributed by atoms with E-state index >= 15 is 0 Å². The molecule has 0 aliphatic rings. The molecule has 1 atom stereocenters. The van der Waals surface area contributed by atoms with Crippen LogP contribution in [-0.4, -0.2) is 33.7 Å². The first-order valence-corrected chi connectivity index (χ1v) is 9.73. The van der Waals surface area contributed by atoms with Crippen LogP contribution < -0.4 is 14.4 Å². The molecule has 0 radical (unpaired) electrons. The third kappa shape index (κ3) is 4.95. The Kier molecular flexibility index (Phi) is 6.20. The molecule has 0 aromatic heterocycles. The monoisotopic (exact) mass is 380 g/mol. The maximum Gasteiger partial charge on any atom is 0.243 e. The topological polar surface area (TPSA) is 75.7 Å². The molecule has 2 aromatic rings. The fourth-order valence-corrected chi connectivity index (χ4v) is 3.65. The lowest BCUT2D eigenvalue weighted by Gasteiger charge is -2.28. The second-order valence-electron chi connectivity index (χ2n) is 5.78. The Labute approximate surface area is 152 Å². The summed E-state index contributed by atoms with van der Waals surface area (Å²) in [7, 11) is -2.18. The summed E-state index contributed by atoms with van der Waals surface area (Å²) in [5, 5.41) is 2.67. The number of rotatable bonds is 7. The van der Waals surface area contributed by atoms with Gasteiger partial charge in [-0.1, -0.05) is 12.1 Å². The molecule has 0 fully saturated rings. The second-order valence-corrected chi connectivity index (χ2v) is 7.64. The Hall–Kier alpha value is -2.61. The van der Waals surface area contributed by atoms with Crippen molar-refractivity contribution in [2.24, 2.45) is 0 Å². The number of nitrogens with zero attached hydrogens (tertiary/aromatic N) is 1. The summed E-state index contributed by atoms with van der Waals surface area (Å²) in [4.78, 5) is 12.5. The van der Waals surface area contributed by atoms with Crippen molar-refractivity contribution in [1.29, 1.82) is 0 Å². The molecule has 0 spiro atoms. The quantitative estimate of drug-likeness (QED) is 0.800. The van der Waals surface area contributed by atoms with Crippen LogP contribution in [0.4, 0.5) is 10.1 Å². The fraction of sp³-hybridized carbons (Fsp3) is 0.278. The molecule has 26 heavy (non-hydrogen) atoms. The zero-order valence-electron chi connectivity index (χ0n) is 14.8. The molecule has 0 heterocycles. The smallest absolute Gasteiger partial charge is 0.243 e. The molecule has 1 N–H and O–H groups in total. The van der Waals surface area contributed by atoms with E-state index in [2.05, 4.69) is 5.32 Å². The summed E-state index contributed by atoms with van der Waals surface area (Å²) in [6.45, 7) is 1.68. The highest BCUT2D eigenvalue weighted by Gasteiger charge is 2.28. The summed E-state index contributed by atoms with van der Waals surface area (Å²) in [6.07, 6.45) is 1.04. The van der Waals surface area contributed by atoms with Gasteiger partial charge >= 0.3 is 0 Å². The highest BCUT2D eigenvalue weighted by molar-refractivity contribution is 7.92. The number of methoxy groups -OCH3 is 1. The molecular weight excluding hydrogens is 359 g/mol. The molecule has 0 aliphatic carbocycles. The lowest BCUT2D eigenvalue weighted by molar-refractivity contribution is -0.122. The lowest BCUT2D eigenvalue weighted by atomic mass is 10.2. The number of ether oxygens (including phenoxy) is 1. The average Bonchev–Trinajstić information content (AvgIpc) is 2.60. The summed E-state index contributed by atoms with van der Waals surface area (Å²) in [5.74, 6) is -0.248. The lowest BCUT2D eigenvalue weighted by Crippen LogP contribution is -2.47. The van der Waals surface area contributed by atoms with Crippen LogP contribution in [0.2, 0.25) is 0 Å². The van der Waals surface area contributed by atoms with E-state index in [0.717, 1.165) is 10.6 Å². The van der Waals surface area contributed by atoms with Crippen LogP contribution in [0.5, 0.6) is 5.75 Å². The van der Waals surface area contributed by atoms with E-state index in [1.807, 2.05) is 0 Å². The molecule has 0 saturated carbocycles. The van der Waals surface area contributed by atoms with Gasteiger partial charge in [0.1, 0.15) is 17.6 Å².